The number of carbonyl (C=O) groups excluding carboxylic acids is 1. The number of aryl methyl sites for hydroxylation is 1. The number of carbonyl (C=O) groups is 1. The molecule has 0 saturated carbocycles. The number of benzene rings is 1. The molecule has 1 aliphatic rings. The summed E-state index contributed by atoms with van der Waals surface area (Å²) in [6.07, 6.45) is 5.47. The first-order valence-electron chi connectivity index (χ1n) is 10.1. The second-order valence-corrected chi connectivity index (χ2v) is 7.83. The summed E-state index contributed by atoms with van der Waals surface area (Å²) in [7, 11) is 0. The number of nitrogens with one attached hydrogen (secondary N) is 2. The summed E-state index contributed by atoms with van der Waals surface area (Å²) >= 11 is 0. The zero-order chi connectivity index (χ0) is 19.1. The molecule has 1 aromatic heterocycles. The van der Waals surface area contributed by atoms with Gasteiger partial charge in [0.1, 0.15) is 0 Å². The SMILES string of the molecule is Cc1ccc(CC(NC(=O)CC(C)C2CCNCC2)c2ccccn2)cc1.Cl.Cl. The second-order valence-electron chi connectivity index (χ2n) is 7.83. The minimum Gasteiger partial charge on any atom is -0.347 e. The molecule has 29 heavy (non-hydrogen) atoms. The van der Waals surface area contributed by atoms with Crippen molar-refractivity contribution >= 4 is 30.7 Å². The van der Waals surface area contributed by atoms with Gasteiger partial charge in [0.05, 0.1) is 11.7 Å². The maximum absolute atomic E-state index is 12.8. The van der Waals surface area contributed by atoms with Crippen molar-refractivity contribution in [2.45, 2.75) is 45.6 Å². The van der Waals surface area contributed by atoms with E-state index in [4.69, 9.17) is 0 Å². The first kappa shape index (κ1) is 25.4. The third-order valence-corrected chi connectivity index (χ3v) is 5.64. The van der Waals surface area contributed by atoms with E-state index in [-0.39, 0.29) is 36.8 Å². The predicted molar refractivity (Wildman–Crippen MR) is 124 cm³/mol. The van der Waals surface area contributed by atoms with E-state index < -0.39 is 0 Å². The summed E-state index contributed by atoms with van der Waals surface area (Å²) in [5.41, 5.74) is 3.37. The van der Waals surface area contributed by atoms with Crippen molar-refractivity contribution in [1.29, 1.82) is 0 Å². The first-order chi connectivity index (χ1) is 13.1. The molecule has 0 bridgehead atoms. The Hall–Kier alpha value is -1.62. The van der Waals surface area contributed by atoms with Gasteiger partial charge in [-0.2, -0.15) is 0 Å². The monoisotopic (exact) mass is 437 g/mol. The molecule has 1 aliphatic heterocycles. The van der Waals surface area contributed by atoms with Crippen molar-refractivity contribution in [2.24, 2.45) is 11.8 Å². The molecule has 6 heteroatoms. The molecule has 160 valence electrons. The van der Waals surface area contributed by atoms with Gasteiger partial charge in [0, 0.05) is 12.6 Å². The van der Waals surface area contributed by atoms with Crippen molar-refractivity contribution in [3.05, 3.63) is 65.5 Å². The van der Waals surface area contributed by atoms with Crippen LogP contribution in [0.5, 0.6) is 0 Å². The Morgan fingerprint density at radius 3 is 2.45 bits per heavy atom. The number of amides is 1. The molecule has 0 radical (unpaired) electrons. The van der Waals surface area contributed by atoms with Gasteiger partial charge in [-0.15, -0.1) is 24.8 Å². The minimum absolute atomic E-state index is 0. The van der Waals surface area contributed by atoms with Crippen LogP contribution >= 0.6 is 24.8 Å². The van der Waals surface area contributed by atoms with Gasteiger partial charge < -0.3 is 10.6 Å². The van der Waals surface area contributed by atoms with Crippen molar-refractivity contribution < 1.29 is 4.79 Å². The zero-order valence-corrected chi connectivity index (χ0v) is 18.9. The van der Waals surface area contributed by atoms with Crippen LogP contribution in [0.4, 0.5) is 0 Å². The van der Waals surface area contributed by atoms with E-state index in [9.17, 15) is 4.79 Å². The van der Waals surface area contributed by atoms with E-state index in [0.29, 0.717) is 18.3 Å². The highest BCUT2D eigenvalue weighted by atomic mass is 35.5. The van der Waals surface area contributed by atoms with Gasteiger partial charge in [0.2, 0.25) is 5.91 Å². The molecule has 2 aromatic rings. The zero-order valence-electron chi connectivity index (χ0n) is 17.3. The first-order valence-corrected chi connectivity index (χ1v) is 10.1. The fourth-order valence-corrected chi connectivity index (χ4v) is 3.90. The summed E-state index contributed by atoms with van der Waals surface area (Å²) in [6.45, 7) is 6.44. The second kappa shape index (κ2) is 12.8. The molecule has 1 saturated heterocycles. The Labute approximate surface area is 187 Å². The molecular weight excluding hydrogens is 405 g/mol. The number of piperidine rings is 1. The molecule has 4 nitrogen and oxygen atoms in total. The summed E-state index contributed by atoms with van der Waals surface area (Å²) in [4.78, 5) is 17.3. The molecule has 2 N–H and O–H groups in total. The number of hydrogen-bond acceptors (Lipinski definition) is 3. The average Bonchev–Trinajstić information content (AvgIpc) is 2.70. The molecule has 0 aliphatic carbocycles. The van der Waals surface area contributed by atoms with Gasteiger partial charge in [-0.3, -0.25) is 9.78 Å². The molecule has 2 atom stereocenters. The van der Waals surface area contributed by atoms with Crippen molar-refractivity contribution in [3.63, 3.8) is 0 Å². The number of pyridine rings is 1. The lowest BCUT2D eigenvalue weighted by atomic mass is 9.84. The number of hydrogen-bond donors (Lipinski definition) is 2. The molecule has 0 spiro atoms. The number of rotatable bonds is 7. The van der Waals surface area contributed by atoms with Crippen LogP contribution in [-0.4, -0.2) is 24.0 Å². The van der Waals surface area contributed by atoms with Crippen LogP contribution in [0.15, 0.2) is 48.7 Å². The normalized spacial score (nSPS) is 16.1. The van der Waals surface area contributed by atoms with Gasteiger partial charge in [0.15, 0.2) is 0 Å². The highest BCUT2D eigenvalue weighted by molar-refractivity contribution is 5.85. The smallest absolute Gasteiger partial charge is 0.220 e. The summed E-state index contributed by atoms with van der Waals surface area (Å²) in [5.74, 6) is 1.18. The van der Waals surface area contributed by atoms with E-state index in [1.54, 1.807) is 6.20 Å². The van der Waals surface area contributed by atoms with Crippen LogP contribution in [0.3, 0.4) is 0 Å². The van der Waals surface area contributed by atoms with Crippen LogP contribution in [0.25, 0.3) is 0 Å². The van der Waals surface area contributed by atoms with Crippen LogP contribution in [0.1, 0.15) is 49.0 Å². The average molecular weight is 438 g/mol. The van der Waals surface area contributed by atoms with E-state index in [1.807, 2.05) is 18.2 Å². The lowest BCUT2D eigenvalue weighted by Gasteiger charge is -2.28. The van der Waals surface area contributed by atoms with Crippen LogP contribution in [0.2, 0.25) is 0 Å². The van der Waals surface area contributed by atoms with E-state index in [0.717, 1.165) is 25.2 Å². The Bertz CT molecular complexity index is 719. The predicted octanol–water partition coefficient (Wildman–Crippen LogP) is 4.66. The minimum atomic E-state index is -0.0957. The molecule has 1 aromatic carbocycles. The molecule has 1 fully saturated rings. The van der Waals surface area contributed by atoms with E-state index in [2.05, 4.69) is 53.7 Å². The lowest BCUT2D eigenvalue weighted by molar-refractivity contribution is -0.123. The standard InChI is InChI=1S/C23H31N3O.2ClH/c1-17-6-8-19(9-7-17)16-22(21-5-3-4-12-25-21)26-23(27)15-18(2)20-10-13-24-14-11-20;;/h3-9,12,18,20,22,24H,10-11,13-16H2,1-2H3,(H,26,27);2*1H. The molecule has 1 amide bonds. The molecule has 3 rings (SSSR count). The Kier molecular flexibility index (Phi) is 11.3. The topological polar surface area (TPSA) is 54.0 Å². The molecular formula is C23H33Cl2N3O. The Morgan fingerprint density at radius 1 is 1.14 bits per heavy atom. The summed E-state index contributed by atoms with van der Waals surface area (Å²) in [5, 5.41) is 6.65. The Balaban J connectivity index is 0.00000210. The molecule has 2 heterocycles. The maximum atomic E-state index is 12.8. The fraction of sp³-hybridized carbons (Fsp3) is 0.478. The Morgan fingerprint density at radius 2 is 1.83 bits per heavy atom. The quantitative estimate of drug-likeness (QED) is 0.661. The van der Waals surface area contributed by atoms with Crippen molar-refractivity contribution in [1.82, 2.24) is 15.6 Å². The van der Waals surface area contributed by atoms with Crippen molar-refractivity contribution in [2.75, 3.05) is 13.1 Å². The van der Waals surface area contributed by atoms with Gasteiger partial charge in [-0.05, 0) is 68.8 Å². The maximum Gasteiger partial charge on any atom is 0.220 e. The fourth-order valence-electron chi connectivity index (χ4n) is 3.90. The summed E-state index contributed by atoms with van der Waals surface area (Å²) in [6, 6.07) is 14.3. The largest absolute Gasteiger partial charge is 0.347 e. The summed E-state index contributed by atoms with van der Waals surface area (Å²) < 4.78 is 0. The van der Waals surface area contributed by atoms with Crippen LogP contribution < -0.4 is 10.6 Å². The highest BCUT2D eigenvalue weighted by Crippen LogP contribution is 2.25. The third kappa shape index (κ3) is 7.96. The number of nitrogens with zero attached hydrogens (tertiary/aromatic N) is 1. The van der Waals surface area contributed by atoms with Crippen LogP contribution in [0, 0.1) is 18.8 Å². The highest BCUT2D eigenvalue weighted by Gasteiger charge is 2.24. The third-order valence-electron chi connectivity index (χ3n) is 5.64. The van der Waals surface area contributed by atoms with Crippen molar-refractivity contribution in [3.8, 4) is 0 Å². The van der Waals surface area contributed by atoms with E-state index in [1.165, 1.54) is 24.0 Å². The van der Waals surface area contributed by atoms with Gasteiger partial charge >= 0.3 is 0 Å². The van der Waals surface area contributed by atoms with E-state index >= 15 is 0 Å². The number of aromatic nitrogens is 1. The van der Waals surface area contributed by atoms with Crippen LogP contribution in [-0.2, 0) is 11.2 Å². The molecule has 2 unspecified atom stereocenters. The van der Waals surface area contributed by atoms with Gasteiger partial charge in [0.25, 0.3) is 0 Å². The lowest BCUT2D eigenvalue weighted by Crippen LogP contribution is -2.35. The van der Waals surface area contributed by atoms with Gasteiger partial charge in [-0.1, -0.05) is 42.8 Å². The van der Waals surface area contributed by atoms with Gasteiger partial charge in [-0.25, -0.2) is 0 Å². The number of halogens is 2.